The molecule has 0 aromatic carbocycles. The number of aromatic nitrogens is 2. The molecule has 1 atom stereocenters. The zero-order chi connectivity index (χ0) is 12.7. The number of nitrogens with zero attached hydrogens (tertiary/aromatic N) is 3. The molecule has 0 saturated heterocycles. The van der Waals surface area contributed by atoms with E-state index in [1.54, 1.807) is 30.2 Å². The molecule has 0 bridgehead atoms. The monoisotopic (exact) mass is 276 g/mol. The van der Waals surface area contributed by atoms with Gasteiger partial charge in [-0.15, -0.1) is 10.2 Å². The fourth-order valence-corrected chi connectivity index (χ4v) is 2.90. The summed E-state index contributed by atoms with van der Waals surface area (Å²) in [6.07, 6.45) is 0. The van der Waals surface area contributed by atoms with Gasteiger partial charge in [-0.1, -0.05) is 23.1 Å². The van der Waals surface area contributed by atoms with Crippen molar-refractivity contribution in [2.75, 3.05) is 45.0 Å². The third-order valence-corrected chi connectivity index (χ3v) is 4.24. The van der Waals surface area contributed by atoms with E-state index in [9.17, 15) is 0 Å². The number of thioether (sulfide) groups is 1. The minimum atomic E-state index is 0.396. The van der Waals surface area contributed by atoms with Crippen LogP contribution in [-0.4, -0.2) is 56.3 Å². The molecule has 0 aliphatic carbocycles. The summed E-state index contributed by atoms with van der Waals surface area (Å²) < 4.78 is 6.08. The molecule has 1 unspecified atom stereocenters. The predicted octanol–water partition coefficient (Wildman–Crippen LogP) is 1.32. The van der Waals surface area contributed by atoms with E-state index in [2.05, 4.69) is 22.4 Å². The Morgan fingerprint density at radius 1 is 1.47 bits per heavy atom. The molecule has 0 fully saturated rings. The number of rotatable bonds is 8. The number of hydrogen-bond acceptors (Lipinski definition) is 7. The molecular weight excluding hydrogens is 256 g/mol. The Morgan fingerprint density at radius 2 is 2.24 bits per heavy atom. The van der Waals surface area contributed by atoms with Crippen molar-refractivity contribution in [1.82, 2.24) is 15.5 Å². The maximum absolute atomic E-state index is 5.05. The van der Waals surface area contributed by atoms with Gasteiger partial charge in [-0.05, 0) is 6.92 Å². The lowest BCUT2D eigenvalue weighted by Gasteiger charge is -2.11. The summed E-state index contributed by atoms with van der Waals surface area (Å²) in [7, 11) is 5.67. The number of nitrogens with one attached hydrogen (secondary N) is 1. The third-order valence-electron chi connectivity index (χ3n) is 2.02. The molecule has 17 heavy (non-hydrogen) atoms. The maximum atomic E-state index is 5.05. The molecule has 0 saturated carbocycles. The molecule has 1 aromatic heterocycles. The van der Waals surface area contributed by atoms with Gasteiger partial charge in [-0.3, -0.25) is 0 Å². The first-order chi connectivity index (χ1) is 8.13. The fraction of sp³-hybridized carbons (Fsp3) is 0.800. The Bertz CT molecular complexity index is 319. The van der Waals surface area contributed by atoms with E-state index in [0.29, 0.717) is 6.04 Å². The summed E-state index contributed by atoms with van der Waals surface area (Å²) in [5, 5.41) is 12.6. The van der Waals surface area contributed by atoms with Crippen molar-refractivity contribution in [2.45, 2.75) is 17.3 Å². The molecule has 7 heteroatoms. The van der Waals surface area contributed by atoms with Gasteiger partial charge in [0.25, 0.3) is 0 Å². The maximum Gasteiger partial charge on any atom is 0.208 e. The van der Waals surface area contributed by atoms with Crippen LogP contribution in [0.3, 0.4) is 0 Å². The summed E-state index contributed by atoms with van der Waals surface area (Å²) in [6.45, 7) is 3.81. The van der Waals surface area contributed by atoms with E-state index < -0.39 is 0 Å². The second-order valence-corrected chi connectivity index (χ2v) is 6.20. The van der Waals surface area contributed by atoms with E-state index in [1.165, 1.54) is 0 Å². The minimum absolute atomic E-state index is 0.396. The summed E-state index contributed by atoms with van der Waals surface area (Å²) in [5.41, 5.74) is 0. The van der Waals surface area contributed by atoms with E-state index in [0.717, 1.165) is 28.4 Å². The van der Waals surface area contributed by atoms with Crippen LogP contribution in [0.2, 0.25) is 0 Å². The minimum Gasteiger partial charge on any atom is -0.383 e. The predicted molar refractivity (Wildman–Crippen MR) is 74.3 cm³/mol. The van der Waals surface area contributed by atoms with Gasteiger partial charge >= 0.3 is 0 Å². The van der Waals surface area contributed by atoms with Crippen LogP contribution in [0.4, 0.5) is 5.13 Å². The van der Waals surface area contributed by atoms with Crippen molar-refractivity contribution in [3.8, 4) is 0 Å². The van der Waals surface area contributed by atoms with Crippen LogP contribution in [0, 0.1) is 0 Å². The zero-order valence-electron chi connectivity index (χ0n) is 10.8. The number of ether oxygens (including phenoxy) is 1. The van der Waals surface area contributed by atoms with E-state index in [1.807, 2.05) is 19.0 Å². The highest BCUT2D eigenvalue weighted by Crippen LogP contribution is 2.26. The highest BCUT2D eigenvalue weighted by molar-refractivity contribution is 8.01. The Kier molecular flexibility index (Phi) is 6.79. The van der Waals surface area contributed by atoms with Crippen LogP contribution < -0.4 is 10.2 Å². The Balaban J connectivity index is 2.17. The van der Waals surface area contributed by atoms with Crippen LogP contribution in [0.25, 0.3) is 0 Å². The quantitative estimate of drug-likeness (QED) is 0.571. The largest absolute Gasteiger partial charge is 0.383 e. The Morgan fingerprint density at radius 3 is 2.82 bits per heavy atom. The highest BCUT2D eigenvalue weighted by atomic mass is 32.2. The molecule has 1 N–H and O–H groups in total. The third kappa shape index (κ3) is 5.67. The lowest BCUT2D eigenvalue weighted by molar-refractivity contribution is 0.173. The number of hydrogen-bond donors (Lipinski definition) is 1. The molecule has 1 heterocycles. The van der Waals surface area contributed by atoms with Gasteiger partial charge in [0, 0.05) is 39.5 Å². The van der Waals surface area contributed by atoms with E-state index >= 15 is 0 Å². The number of anilines is 1. The average molecular weight is 276 g/mol. The Hall–Kier alpha value is -0.370. The first-order valence-corrected chi connectivity index (χ1v) is 7.29. The van der Waals surface area contributed by atoms with E-state index in [4.69, 9.17) is 4.74 Å². The van der Waals surface area contributed by atoms with Gasteiger partial charge < -0.3 is 15.0 Å². The normalized spacial score (nSPS) is 12.7. The molecule has 0 radical (unpaired) electrons. The van der Waals surface area contributed by atoms with Crippen molar-refractivity contribution >= 4 is 28.2 Å². The van der Waals surface area contributed by atoms with Crippen molar-refractivity contribution in [3.05, 3.63) is 0 Å². The van der Waals surface area contributed by atoms with Crippen molar-refractivity contribution in [1.29, 1.82) is 0 Å². The number of methoxy groups -OCH3 is 1. The smallest absolute Gasteiger partial charge is 0.208 e. The van der Waals surface area contributed by atoms with Crippen LogP contribution >= 0.6 is 23.1 Å². The molecule has 0 aliphatic heterocycles. The summed E-state index contributed by atoms with van der Waals surface area (Å²) in [6, 6.07) is 0.396. The van der Waals surface area contributed by atoms with Crippen molar-refractivity contribution < 1.29 is 4.74 Å². The van der Waals surface area contributed by atoms with Gasteiger partial charge in [0.1, 0.15) is 0 Å². The Labute approximate surface area is 111 Å². The SMILES string of the molecule is COCC(C)NCCSc1nnc(N(C)C)s1. The molecular formula is C10H20N4OS2. The van der Waals surface area contributed by atoms with Crippen molar-refractivity contribution in [3.63, 3.8) is 0 Å². The summed E-state index contributed by atoms with van der Waals surface area (Å²) in [4.78, 5) is 1.97. The summed E-state index contributed by atoms with van der Waals surface area (Å²) in [5.74, 6) is 0.996. The fourth-order valence-electron chi connectivity index (χ4n) is 1.19. The van der Waals surface area contributed by atoms with Crippen LogP contribution in [0.1, 0.15) is 6.92 Å². The summed E-state index contributed by atoms with van der Waals surface area (Å²) >= 11 is 3.36. The highest BCUT2D eigenvalue weighted by Gasteiger charge is 2.06. The van der Waals surface area contributed by atoms with Gasteiger partial charge in [-0.25, -0.2) is 0 Å². The standard InChI is InChI=1S/C10H20N4OS2/c1-8(7-15-4)11-5-6-16-10-13-12-9(17-10)14(2)3/h8,11H,5-7H2,1-4H3. The molecule has 0 spiro atoms. The molecule has 98 valence electrons. The van der Waals surface area contributed by atoms with Gasteiger partial charge in [0.05, 0.1) is 6.61 Å². The van der Waals surface area contributed by atoms with Gasteiger partial charge in [0.2, 0.25) is 5.13 Å². The molecule has 1 rings (SSSR count). The zero-order valence-corrected chi connectivity index (χ0v) is 12.4. The van der Waals surface area contributed by atoms with E-state index in [-0.39, 0.29) is 0 Å². The molecule has 1 aromatic rings. The lowest BCUT2D eigenvalue weighted by Crippen LogP contribution is -2.31. The molecule has 0 amide bonds. The topological polar surface area (TPSA) is 50.3 Å². The van der Waals surface area contributed by atoms with Gasteiger partial charge in [-0.2, -0.15) is 0 Å². The lowest BCUT2D eigenvalue weighted by atomic mass is 10.4. The second-order valence-electron chi connectivity index (χ2n) is 3.90. The van der Waals surface area contributed by atoms with Gasteiger partial charge in [0.15, 0.2) is 4.34 Å². The first kappa shape index (κ1) is 14.7. The first-order valence-electron chi connectivity index (χ1n) is 5.49. The molecule has 0 aliphatic rings. The average Bonchev–Trinajstić information content (AvgIpc) is 2.73. The second kappa shape index (κ2) is 7.86. The van der Waals surface area contributed by atoms with Crippen LogP contribution in [0.5, 0.6) is 0 Å². The van der Waals surface area contributed by atoms with Crippen molar-refractivity contribution in [2.24, 2.45) is 0 Å². The van der Waals surface area contributed by atoms with Crippen LogP contribution in [-0.2, 0) is 4.74 Å². The van der Waals surface area contributed by atoms with Crippen LogP contribution in [0.15, 0.2) is 4.34 Å². The molecule has 5 nitrogen and oxygen atoms in total.